The molecule has 0 saturated heterocycles. The summed E-state index contributed by atoms with van der Waals surface area (Å²) in [6.07, 6.45) is 0. The molecule has 23 heavy (non-hydrogen) atoms. The van der Waals surface area contributed by atoms with Gasteiger partial charge in [-0.1, -0.05) is 21.9 Å². The maximum atomic E-state index is 12.4. The number of hydrogen-bond donors (Lipinski definition) is 0. The SMILES string of the molecule is COCCn1c(=NC(=O)c2snnc2C)sc2cc(C)ccc21. The second-order valence-corrected chi connectivity index (χ2v) is 6.87. The van der Waals surface area contributed by atoms with Crippen LogP contribution in [0.5, 0.6) is 0 Å². The van der Waals surface area contributed by atoms with Crippen molar-refractivity contribution in [3.8, 4) is 0 Å². The zero-order valence-corrected chi connectivity index (χ0v) is 14.7. The van der Waals surface area contributed by atoms with Crippen molar-refractivity contribution in [2.24, 2.45) is 4.99 Å². The number of ether oxygens (including phenoxy) is 1. The third-order valence-electron chi connectivity index (χ3n) is 3.40. The average Bonchev–Trinajstić information content (AvgIpc) is 3.08. The maximum Gasteiger partial charge on any atom is 0.293 e. The van der Waals surface area contributed by atoms with Crippen molar-refractivity contribution in [2.75, 3.05) is 13.7 Å². The fourth-order valence-electron chi connectivity index (χ4n) is 2.23. The van der Waals surface area contributed by atoms with Crippen molar-refractivity contribution in [3.63, 3.8) is 0 Å². The van der Waals surface area contributed by atoms with Crippen molar-refractivity contribution < 1.29 is 9.53 Å². The number of hydrogen-bond acceptors (Lipinski definition) is 6. The Hall–Kier alpha value is -1.90. The van der Waals surface area contributed by atoms with Gasteiger partial charge >= 0.3 is 0 Å². The molecule has 0 aliphatic heterocycles. The van der Waals surface area contributed by atoms with Gasteiger partial charge in [0.1, 0.15) is 4.88 Å². The molecule has 1 aromatic carbocycles. The summed E-state index contributed by atoms with van der Waals surface area (Å²) in [5.74, 6) is -0.299. The third kappa shape index (κ3) is 3.24. The van der Waals surface area contributed by atoms with Gasteiger partial charge in [-0.05, 0) is 43.1 Å². The molecule has 3 aromatic rings. The van der Waals surface area contributed by atoms with Crippen molar-refractivity contribution in [1.29, 1.82) is 0 Å². The lowest BCUT2D eigenvalue weighted by atomic mass is 10.2. The van der Waals surface area contributed by atoms with Gasteiger partial charge in [0.05, 0.1) is 22.5 Å². The highest BCUT2D eigenvalue weighted by molar-refractivity contribution is 7.16. The monoisotopic (exact) mass is 348 g/mol. The summed E-state index contributed by atoms with van der Waals surface area (Å²) in [4.78, 5) is 17.8. The quantitative estimate of drug-likeness (QED) is 0.726. The zero-order valence-electron chi connectivity index (χ0n) is 13.1. The van der Waals surface area contributed by atoms with E-state index >= 15 is 0 Å². The van der Waals surface area contributed by atoms with Crippen LogP contribution in [0.25, 0.3) is 10.2 Å². The summed E-state index contributed by atoms with van der Waals surface area (Å²) in [6, 6.07) is 6.22. The van der Waals surface area contributed by atoms with Crippen LogP contribution in [0.1, 0.15) is 20.9 Å². The largest absolute Gasteiger partial charge is 0.383 e. The topological polar surface area (TPSA) is 69.4 Å². The van der Waals surface area contributed by atoms with Gasteiger partial charge in [-0.2, -0.15) is 4.99 Å². The summed E-state index contributed by atoms with van der Waals surface area (Å²) in [6.45, 7) is 5.01. The number of amides is 1. The van der Waals surface area contributed by atoms with Gasteiger partial charge in [0.15, 0.2) is 4.80 Å². The van der Waals surface area contributed by atoms with Crippen LogP contribution in [0.2, 0.25) is 0 Å². The Balaban J connectivity index is 2.13. The molecule has 1 amide bonds. The second kappa shape index (κ2) is 6.69. The summed E-state index contributed by atoms with van der Waals surface area (Å²) in [5.41, 5.74) is 2.85. The smallest absolute Gasteiger partial charge is 0.293 e. The van der Waals surface area contributed by atoms with E-state index in [1.165, 1.54) is 16.9 Å². The summed E-state index contributed by atoms with van der Waals surface area (Å²) in [7, 11) is 1.66. The Bertz CT molecular complexity index is 923. The first kappa shape index (κ1) is 16.0. The number of aryl methyl sites for hydroxylation is 2. The van der Waals surface area contributed by atoms with Crippen molar-refractivity contribution in [1.82, 2.24) is 14.2 Å². The molecule has 0 atom stereocenters. The van der Waals surface area contributed by atoms with Gasteiger partial charge in [0.2, 0.25) is 0 Å². The minimum atomic E-state index is -0.299. The lowest BCUT2D eigenvalue weighted by Gasteiger charge is -2.04. The van der Waals surface area contributed by atoms with E-state index in [1.807, 2.05) is 11.5 Å². The minimum Gasteiger partial charge on any atom is -0.383 e. The van der Waals surface area contributed by atoms with E-state index < -0.39 is 0 Å². The molecule has 2 aromatic heterocycles. The van der Waals surface area contributed by atoms with Gasteiger partial charge in [-0.25, -0.2) is 0 Å². The van der Waals surface area contributed by atoms with Gasteiger partial charge in [-0.15, -0.1) is 5.10 Å². The first-order valence-corrected chi connectivity index (χ1v) is 8.66. The van der Waals surface area contributed by atoms with E-state index in [9.17, 15) is 4.79 Å². The van der Waals surface area contributed by atoms with E-state index in [2.05, 4.69) is 32.8 Å². The molecule has 8 heteroatoms. The van der Waals surface area contributed by atoms with Gasteiger partial charge in [0.25, 0.3) is 5.91 Å². The third-order valence-corrected chi connectivity index (χ3v) is 5.26. The van der Waals surface area contributed by atoms with E-state index in [0.717, 1.165) is 21.7 Å². The normalized spacial score (nSPS) is 12.2. The highest BCUT2D eigenvalue weighted by Crippen LogP contribution is 2.19. The standard InChI is InChI=1S/C15H16N4O2S2/c1-9-4-5-11-12(8-9)22-15(19(11)6-7-21-3)16-14(20)13-10(2)17-18-23-13/h4-5,8H,6-7H2,1-3H3. The first-order valence-electron chi connectivity index (χ1n) is 7.07. The van der Waals surface area contributed by atoms with Crippen LogP contribution in [0.15, 0.2) is 23.2 Å². The minimum absolute atomic E-state index is 0.299. The molecule has 0 aliphatic carbocycles. The lowest BCUT2D eigenvalue weighted by Crippen LogP contribution is -2.19. The number of carbonyl (C=O) groups excluding carboxylic acids is 1. The molecular formula is C15H16N4O2S2. The van der Waals surface area contributed by atoms with Crippen LogP contribution in [0.3, 0.4) is 0 Å². The van der Waals surface area contributed by atoms with Gasteiger partial charge in [0, 0.05) is 13.7 Å². The molecule has 0 bridgehead atoms. The van der Waals surface area contributed by atoms with Crippen molar-refractivity contribution in [3.05, 3.63) is 39.1 Å². The molecule has 0 unspecified atom stereocenters. The van der Waals surface area contributed by atoms with E-state index in [-0.39, 0.29) is 5.91 Å². The van der Waals surface area contributed by atoms with Crippen LogP contribution in [-0.4, -0.2) is 33.8 Å². The Morgan fingerprint density at radius 2 is 2.22 bits per heavy atom. The number of rotatable bonds is 4. The van der Waals surface area contributed by atoms with Crippen LogP contribution >= 0.6 is 22.9 Å². The number of nitrogens with zero attached hydrogens (tertiary/aromatic N) is 4. The number of benzene rings is 1. The molecule has 0 saturated carbocycles. The fraction of sp³-hybridized carbons (Fsp3) is 0.333. The highest BCUT2D eigenvalue weighted by atomic mass is 32.1. The molecule has 0 radical (unpaired) electrons. The average molecular weight is 348 g/mol. The zero-order chi connectivity index (χ0) is 16.4. The van der Waals surface area contributed by atoms with Gasteiger partial charge in [-0.3, -0.25) is 4.79 Å². The van der Waals surface area contributed by atoms with Crippen molar-refractivity contribution >= 4 is 39.0 Å². The predicted octanol–water partition coefficient (Wildman–Crippen LogP) is 2.56. The van der Waals surface area contributed by atoms with E-state index in [0.29, 0.717) is 28.5 Å². The Kier molecular flexibility index (Phi) is 4.65. The maximum absolute atomic E-state index is 12.4. The van der Waals surface area contributed by atoms with Crippen molar-refractivity contribution in [2.45, 2.75) is 20.4 Å². The Morgan fingerprint density at radius 1 is 1.39 bits per heavy atom. The Labute approximate surface area is 141 Å². The van der Waals surface area contributed by atoms with Gasteiger partial charge < -0.3 is 9.30 Å². The predicted molar refractivity (Wildman–Crippen MR) is 91.0 cm³/mol. The molecule has 0 N–H and O–H groups in total. The molecule has 0 aliphatic rings. The number of carbonyl (C=O) groups is 1. The summed E-state index contributed by atoms with van der Waals surface area (Å²) < 4.78 is 12.1. The number of fused-ring (bicyclic) bond motifs is 1. The molecular weight excluding hydrogens is 332 g/mol. The lowest BCUT2D eigenvalue weighted by molar-refractivity contribution is 0.100. The molecule has 0 fully saturated rings. The fourth-order valence-corrected chi connectivity index (χ4v) is 3.92. The number of methoxy groups -OCH3 is 1. The molecule has 120 valence electrons. The molecule has 3 rings (SSSR count). The van der Waals surface area contributed by atoms with E-state index in [1.54, 1.807) is 14.0 Å². The molecule has 6 nitrogen and oxygen atoms in total. The van der Waals surface area contributed by atoms with Crippen LogP contribution < -0.4 is 4.80 Å². The van der Waals surface area contributed by atoms with Crippen LogP contribution in [-0.2, 0) is 11.3 Å². The summed E-state index contributed by atoms with van der Waals surface area (Å²) >= 11 is 2.58. The molecule has 2 heterocycles. The number of aromatic nitrogens is 3. The van der Waals surface area contributed by atoms with Crippen LogP contribution in [0, 0.1) is 13.8 Å². The number of thiazole rings is 1. The molecule has 0 spiro atoms. The second-order valence-electron chi connectivity index (χ2n) is 5.10. The highest BCUT2D eigenvalue weighted by Gasteiger charge is 2.14. The van der Waals surface area contributed by atoms with E-state index in [4.69, 9.17) is 4.74 Å². The first-order chi connectivity index (χ1) is 11.1. The Morgan fingerprint density at radius 3 is 2.91 bits per heavy atom. The van der Waals surface area contributed by atoms with Crippen LogP contribution in [0.4, 0.5) is 0 Å². The summed E-state index contributed by atoms with van der Waals surface area (Å²) in [5, 5.41) is 3.87.